The van der Waals surface area contributed by atoms with Gasteiger partial charge in [0.2, 0.25) is 9.84 Å². The first kappa shape index (κ1) is 20.1. The van der Waals surface area contributed by atoms with Crippen molar-refractivity contribution in [3.8, 4) is 6.07 Å². The Bertz CT molecular complexity index is 1140. The van der Waals surface area contributed by atoms with Crippen LogP contribution in [-0.2, 0) is 9.84 Å². The zero-order valence-electron chi connectivity index (χ0n) is 15.4. The van der Waals surface area contributed by atoms with Crippen molar-refractivity contribution in [2.24, 2.45) is 5.92 Å². The van der Waals surface area contributed by atoms with Crippen LogP contribution < -0.4 is 5.32 Å². The Kier molecular flexibility index (Phi) is 5.82. The van der Waals surface area contributed by atoms with Crippen LogP contribution in [0.2, 0.25) is 5.02 Å². The van der Waals surface area contributed by atoms with Gasteiger partial charge in [-0.1, -0.05) is 37.6 Å². The van der Waals surface area contributed by atoms with Crippen molar-refractivity contribution in [1.29, 1.82) is 5.26 Å². The Morgan fingerprint density at radius 3 is 2.25 bits per heavy atom. The number of hydrogen-bond donors (Lipinski definition) is 1. The standard InChI is InChI=1S/C20H19ClN4O2S/c1-13(2)12-23-20-19(24-16-5-3-4-6-17(16)25-20)18(11-22)28(26,27)15-9-7-14(21)8-10-15/h3-10,13,18H,12H2,1-2H3,(H,23,25). The molecule has 0 amide bonds. The van der Waals surface area contributed by atoms with E-state index in [9.17, 15) is 13.7 Å². The number of anilines is 1. The zero-order chi connectivity index (χ0) is 20.3. The minimum Gasteiger partial charge on any atom is -0.368 e. The highest BCUT2D eigenvalue weighted by atomic mass is 35.5. The molecule has 1 aromatic heterocycles. The summed E-state index contributed by atoms with van der Waals surface area (Å²) in [6.45, 7) is 4.61. The van der Waals surface area contributed by atoms with Crippen LogP contribution in [-0.4, -0.2) is 24.9 Å². The first-order chi connectivity index (χ1) is 13.3. The average Bonchev–Trinajstić information content (AvgIpc) is 2.67. The van der Waals surface area contributed by atoms with Gasteiger partial charge in [0, 0.05) is 11.6 Å². The van der Waals surface area contributed by atoms with Crippen molar-refractivity contribution in [2.45, 2.75) is 24.0 Å². The number of hydrogen-bond acceptors (Lipinski definition) is 6. The summed E-state index contributed by atoms with van der Waals surface area (Å²) in [5.74, 6) is 0.603. The van der Waals surface area contributed by atoms with Crippen LogP contribution >= 0.6 is 11.6 Å². The molecule has 0 aliphatic heterocycles. The number of nitrogens with one attached hydrogen (secondary N) is 1. The fourth-order valence-corrected chi connectivity index (χ4v) is 4.18. The second-order valence-electron chi connectivity index (χ2n) is 6.73. The van der Waals surface area contributed by atoms with Crippen LogP contribution in [0.5, 0.6) is 0 Å². The Morgan fingerprint density at radius 1 is 1.07 bits per heavy atom. The highest BCUT2D eigenvalue weighted by Gasteiger charge is 2.33. The van der Waals surface area contributed by atoms with Crippen molar-refractivity contribution in [3.05, 3.63) is 59.2 Å². The summed E-state index contributed by atoms with van der Waals surface area (Å²) >= 11 is 5.86. The maximum Gasteiger partial charge on any atom is 0.200 e. The smallest absolute Gasteiger partial charge is 0.200 e. The molecule has 1 N–H and O–H groups in total. The lowest BCUT2D eigenvalue weighted by Crippen LogP contribution is -2.18. The summed E-state index contributed by atoms with van der Waals surface area (Å²) in [4.78, 5) is 9.02. The van der Waals surface area contributed by atoms with Crippen LogP contribution in [0.3, 0.4) is 0 Å². The Balaban J connectivity index is 2.16. The first-order valence-corrected chi connectivity index (χ1v) is 10.6. The number of sulfone groups is 1. The lowest BCUT2D eigenvalue weighted by atomic mass is 10.2. The van der Waals surface area contributed by atoms with Crippen molar-refractivity contribution < 1.29 is 8.42 Å². The second-order valence-corrected chi connectivity index (χ2v) is 9.20. The van der Waals surface area contributed by atoms with E-state index in [1.54, 1.807) is 18.2 Å². The number of rotatable bonds is 6. The van der Waals surface area contributed by atoms with Gasteiger partial charge < -0.3 is 5.32 Å². The summed E-state index contributed by atoms with van der Waals surface area (Å²) in [6.07, 6.45) is 0. The summed E-state index contributed by atoms with van der Waals surface area (Å²) in [5, 5.41) is 11.8. The lowest BCUT2D eigenvalue weighted by molar-refractivity contribution is 0.590. The van der Waals surface area contributed by atoms with E-state index in [1.165, 1.54) is 24.3 Å². The number of nitrogens with zero attached hydrogens (tertiary/aromatic N) is 3. The van der Waals surface area contributed by atoms with Crippen molar-refractivity contribution in [2.75, 3.05) is 11.9 Å². The van der Waals surface area contributed by atoms with E-state index < -0.39 is 15.1 Å². The molecule has 0 aliphatic carbocycles. The van der Waals surface area contributed by atoms with Gasteiger partial charge in [0.15, 0.2) is 11.1 Å². The van der Waals surface area contributed by atoms with Crippen LogP contribution in [0.15, 0.2) is 53.4 Å². The molecule has 3 aromatic rings. The van der Waals surface area contributed by atoms with Gasteiger partial charge >= 0.3 is 0 Å². The van der Waals surface area contributed by atoms with Crippen molar-refractivity contribution >= 4 is 38.3 Å². The number of para-hydroxylation sites is 2. The maximum absolute atomic E-state index is 13.1. The Labute approximate surface area is 169 Å². The molecule has 0 radical (unpaired) electrons. The molecule has 0 fully saturated rings. The molecule has 1 unspecified atom stereocenters. The summed E-state index contributed by atoms with van der Waals surface area (Å²) in [6, 6.07) is 14.8. The third-order valence-corrected chi connectivity index (χ3v) is 6.22. The van der Waals surface area contributed by atoms with E-state index in [2.05, 4.69) is 15.3 Å². The Hall–Kier alpha value is -2.69. The topological polar surface area (TPSA) is 95.7 Å². The van der Waals surface area contributed by atoms with Gasteiger partial charge in [-0.15, -0.1) is 0 Å². The molecule has 8 heteroatoms. The van der Waals surface area contributed by atoms with E-state index in [-0.39, 0.29) is 10.6 Å². The maximum atomic E-state index is 13.1. The molecule has 6 nitrogen and oxygen atoms in total. The van der Waals surface area contributed by atoms with Crippen molar-refractivity contribution in [1.82, 2.24) is 9.97 Å². The SMILES string of the molecule is CC(C)CNc1nc2ccccc2nc1C(C#N)S(=O)(=O)c1ccc(Cl)cc1. The third-order valence-electron chi connectivity index (χ3n) is 4.09. The molecule has 0 saturated heterocycles. The third kappa shape index (κ3) is 4.08. The summed E-state index contributed by atoms with van der Waals surface area (Å²) < 4.78 is 26.3. The quantitative estimate of drug-likeness (QED) is 0.642. The second kappa shape index (κ2) is 8.13. The predicted octanol–water partition coefficient (Wildman–Crippen LogP) is 4.39. The number of benzene rings is 2. The molecule has 0 saturated carbocycles. The molecule has 28 heavy (non-hydrogen) atoms. The zero-order valence-corrected chi connectivity index (χ0v) is 17.0. The van der Waals surface area contributed by atoms with Crippen LogP contribution in [0.4, 0.5) is 5.82 Å². The Morgan fingerprint density at radius 2 is 1.68 bits per heavy atom. The van der Waals surface area contributed by atoms with Crippen LogP contribution in [0, 0.1) is 17.2 Å². The fourth-order valence-electron chi connectivity index (χ4n) is 2.67. The van der Waals surface area contributed by atoms with Gasteiger partial charge in [0.1, 0.15) is 5.69 Å². The van der Waals surface area contributed by atoms with Crippen LogP contribution in [0.25, 0.3) is 11.0 Å². The fraction of sp³-hybridized carbons (Fsp3) is 0.250. The molecule has 2 aromatic carbocycles. The van der Waals surface area contributed by atoms with E-state index in [1.807, 2.05) is 26.0 Å². The van der Waals surface area contributed by atoms with Gasteiger partial charge in [-0.05, 0) is 42.3 Å². The minimum atomic E-state index is -4.01. The average molecular weight is 415 g/mol. The molecule has 0 aliphatic rings. The number of fused-ring (bicyclic) bond motifs is 1. The highest BCUT2D eigenvalue weighted by Crippen LogP contribution is 2.32. The normalized spacial score (nSPS) is 12.7. The molecular formula is C20H19ClN4O2S. The molecule has 144 valence electrons. The van der Waals surface area contributed by atoms with Crippen LogP contribution in [0.1, 0.15) is 24.8 Å². The van der Waals surface area contributed by atoms with E-state index in [0.29, 0.717) is 34.3 Å². The number of aromatic nitrogens is 2. The van der Waals surface area contributed by atoms with E-state index >= 15 is 0 Å². The van der Waals surface area contributed by atoms with E-state index in [0.717, 1.165) is 0 Å². The number of halogens is 1. The van der Waals surface area contributed by atoms with Gasteiger partial charge in [-0.3, -0.25) is 0 Å². The lowest BCUT2D eigenvalue weighted by Gasteiger charge is -2.17. The molecule has 1 atom stereocenters. The summed E-state index contributed by atoms with van der Waals surface area (Å²) in [5.41, 5.74) is 1.24. The van der Waals surface area contributed by atoms with E-state index in [4.69, 9.17) is 11.6 Å². The molecule has 3 rings (SSSR count). The molecule has 1 heterocycles. The largest absolute Gasteiger partial charge is 0.368 e. The van der Waals surface area contributed by atoms with Gasteiger partial charge in [0.05, 0.1) is 22.0 Å². The highest BCUT2D eigenvalue weighted by molar-refractivity contribution is 7.92. The first-order valence-electron chi connectivity index (χ1n) is 8.72. The van der Waals surface area contributed by atoms with Crippen molar-refractivity contribution in [3.63, 3.8) is 0 Å². The monoisotopic (exact) mass is 414 g/mol. The summed E-state index contributed by atoms with van der Waals surface area (Å²) in [7, 11) is -4.01. The molecule has 0 bridgehead atoms. The van der Waals surface area contributed by atoms with Gasteiger partial charge in [0.25, 0.3) is 0 Å². The predicted molar refractivity (Wildman–Crippen MR) is 110 cm³/mol. The van der Waals surface area contributed by atoms with Gasteiger partial charge in [-0.2, -0.15) is 5.26 Å². The van der Waals surface area contributed by atoms with Gasteiger partial charge in [-0.25, -0.2) is 18.4 Å². The molecular weight excluding hydrogens is 396 g/mol. The molecule has 0 spiro atoms. The number of nitriles is 1. The minimum absolute atomic E-state index is 0.00761.